The number of carboxylic acid groups (broad SMARTS) is 2. The van der Waals surface area contributed by atoms with Gasteiger partial charge >= 0.3 is 34.5 Å². The lowest BCUT2D eigenvalue weighted by Gasteiger charge is -2.27. The van der Waals surface area contributed by atoms with Crippen LogP contribution in [-0.4, -0.2) is 141 Å². The molecule has 28 nitrogen and oxygen atoms in total. The number of rotatable bonds is 32. The first-order valence-electron chi connectivity index (χ1n) is 26.7. The number of nitrogens with one attached hydrogen (secondary N) is 9. The van der Waals surface area contributed by atoms with Crippen LogP contribution in [0.25, 0.3) is 10.9 Å². The van der Waals surface area contributed by atoms with Crippen LogP contribution in [0.4, 0.5) is 9.59 Å². The van der Waals surface area contributed by atoms with E-state index in [-0.39, 0.29) is 43.4 Å². The van der Waals surface area contributed by atoms with Gasteiger partial charge in [-0.3, -0.25) is 53.0 Å². The van der Waals surface area contributed by atoms with Gasteiger partial charge in [-0.15, -0.1) is 0 Å². The van der Waals surface area contributed by atoms with E-state index in [2.05, 4.69) is 51.7 Å². The lowest BCUT2D eigenvalue weighted by atomic mass is 10.0. The van der Waals surface area contributed by atoms with Crippen molar-refractivity contribution in [1.82, 2.24) is 47.5 Å². The van der Waals surface area contributed by atoms with Gasteiger partial charge in [0.2, 0.25) is 35.4 Å². The van der Waals surface area contributed by atoms with Crippen LogP contribution in [0, 0.1) is 0 Å². The van der Waals surface area contributed by atoms with Crippen LogP contribution in [0.2, 0.25) is 0 Å². The van der Waals surface area contributed by atoms with Crippen molar-refractivity contribution in [1.29, 1.82) is 0 Å². The van der Waals surface area contributed by atoms with Crippen LogP contribution in [0.1, 0.15) is 103 Å². The first kappa shape index (κ1) is 67.4. The standard InChI is InChI=1S/C55H72N10O18S/c1-6-8-18-37(47(71)62-42(28-44(66)67)51(75)60-39(46(56)70)25-31-15-11-10-12-16-31)58-50(74)41(27-33-30-57-36-20-14-13-17-35(33)36)63-53(77)65-48(72)38(19-9-7-2)59-49(73)40(26-32-21-23-34(24-22-32)83-84(79,80)81)61-52(76)43(29-45(68)69)64-54(78)82-55(3,4)5/h10-17,20-24,30,37-43,57H,6-9,18-19,25-29H2,1-5H3,(H2,56,70)(H,58,74)(H,59,73)(H,60,75)(H,61,76)(H,62,71)(H,64,78)(H,66,67)(H,68,69)(H,79,80,81)(H2,63,65,72,77). The van der Waals surface area contributed by atoms with Gasteiger partial charge in [-0.1, -0.05) is 100 Å². The number of primary amides is 1. The molecule has 0 radical (unpaired) electrons. The zero-order valence-electron chi connectivity index (χ0n) is 46.9. The van der Waals surface area contributed by atoms with Gasteiger partial charge in [-0.25, -0.2) is 9.59 Å². The maximum atomic E-state index is 14.5. The number of hydrogen-bond donors (Lipinski definition) is 13. The molecule has 0 aliphatic carbocycles. The monoisotopic (exact) mass is 1190 g/mol. The highest BCUT2D eigenvalue weighted by Crippen LogP contribution is 2.20. The zero-order valence-corrected chi connectivity index (χ0v) is 47.7. The molecule has 456 valence electrons. The average Bonchev–Trinajstić information content (AvgIpc) is 3.58. The molecule has 7 unspecified atom stereocenters. The van der Waals surface area contributed by atoms with Crippen LogP contribution >= 0.6 is 0 Å². The van der Waals surface area contributed by atoms with Crippen molar-refractivity contribution >= 4 is 86.7 Å². The van der Waals surface area contributed by atoms with Gasteiger partial charge < -0.3 is 67.1 Å². The van der Waals surface area contributed by atoms with Crippen molar-refractivity contribution in [2.24, 2.45) is 5.73 Å². The lowest BCUT2D eigenvalue weighted by Crippen LogP contribution is -2.60. The summed E-state index contributed by atoms with van der Waals surface area (Å²) in [5, 5.41) is 39.1. The smallest absolute Gasteiger partial charge is 0.446 e. The quantitative estimate of drug-likeness (QED) is 0.0310. The van der Waals surface area contributed by atoms with Gasteiger partial charge in [-0.05, 0) is 68.5 Å². The normalized spacial score (nSPS) is 13.8. The summed E-state index contributed by atoms with van der Waals surface area (Å²) < 4.78 is 41.4. The van der Waals surface area contributed by atoms with E-state index in [0.29, 0.717) is 41.3 Å². The number of carbonyl (C=O) groups excluding carboxylic acids is 9. The molecular formula is C55H72N10O18S. The van der Waals surface area contributed by atoms with E-state index < -0.39 is 143 Å². The highest BCUT2D eigenvalue weighted by atomic mass is 32.3. The van der Waals surface area contributed by atoms with E-state index in [1.165, 1.54) is 32.9 Å². The number of benzene rings is 3. The van der Waals surface area contributed by atoms with Crippen LogP contribution < -0.4 is 52.5 Å². The third-order valence-corrected chi connectivity index (χ3v) is 12.9. The molecule has 10 amide bonds. The van der Waals surface area contributed by atoms with E-state index in [0.717, 1.165) is 12.1 Å². The summed E-state index contributed by atoms with van der Waals surface area (Å²) in [7, 11) is -4.94. The fourth-order valence-electron chi connectivity index (χ4n) is 8.38. The number of unbranched alkanes of at least 4 members (excludes halogenated alkanes) is 2. The SMILES string of the molecule is CCCCC(NC(=O)C(Cc1ccc(OS(=O)(=O)O)cc1)NC(=O)C(CC(=O)O)NC(=O)OC(C)(C)C)C(=O)NC(=O)NC(Cc1c[nH]c2ccccc12)C(=O)NC(CCCC)C(=O)NC(CC(=O)O)C(=O)NC(Cc1ccccc1)C(N)=O. The Morgan fingerprint density at radius 3 is 1.55 bits per heavy atom. The molecule has 0 aliphatic heterocycles. The molecule has 1 heterocycles. The van der Waals surface area contributed by atoms with E-state index in [1.54, 1.807) is 74.6 Å². The van der Waals surface area contributed by atoms with Crippen molar-refractivity contribution in [2.75, 3.05) is 0 Å². The van der Waals surface area contributed by atoms with Crippen LogP contribution in [0.5, 0.6) is 5.75 Å². The number of aromatic amines is 1. The maximum Gasteiger partial charge on any atom is 0.446 e. The Morgan fingerprint density at radius 1 is 0.560 bits per heavy atom. The number of urea groups is 1. The molecule has 7 atom stereocenters. The number of aromatic nitrogens is 1. The minimum atomic E-state index is -4.94. The fraction of sp³-hybridized carbons (Fsp3) is 0.436. The van der Waals surface area contributed by atoms with E-state index >= 15 is 0 Å². The molecule has 84 heavy (non-hydrogen) atoms. The van der Waals surface area contributed by atoms with Crippen LogP contribution in [-0.2, 0) is 77.5 Å². The summed E-state index contributed by atoms with van der Waals surface area (Å²) in [6.07, 6.45) is -0.870. The van der Waals surface area contributed by atoms with Crippen molar-refractivity contribution in [3.63, 3.8) is 0 Å². The second kappa shape index (κ2) is 31.9. The molecule has 0 saturated heterocycles. The number of nitrogens with two attached hydrogens (primary N) is 1. The van der Waals surface area contributed by atoms with Gasteiger partial charge in [0, 0.05) is 36.4 Å². The van der Waals surface area contributed by atoms with E-state index in [9.17, 15) is 71.4 Å². The lowest BCUT2D eigenvalue weighted by molar-refractivity contribution is -0.141. The van der Waals surface area contributed by atoms with Crippen molar-refractivity contribution in [3.05, 3.63) is 102 Å². The number of ether oxygens (including phenoxy) is 1. The predicted molar refractivity (Wildman–Crippen MR) is 300 cm³/mol. The van der Waals surface area contributed by atoms with Crippen molar-refractivity contribution < 1.29 is 84.8 Å². The summed E-state index contributed by atoms with van der Waals surface area (Å²) in [4.78, 5) is 150. The van der Waals surface area contributed by atoms with Crippen molar-refractivity contribution in [3.8, 4) is 5.75 Å². The first-order valence-corrected chi connectivity index (χ1v) is 28.1. The molecule has 0 fully saturated rings. The Bertz CT molecular complexity index is 3100. The summed E-state index contributed by atoms with van der Waals surface area (Å²) in [6, 6.07) is 7.78. The molecule has 0 aliphatic rings. The average molecular weight is 1190 g/mol. The van der Waals surface area contributed by atoms with Crippen molar-refractivity contribution in [2.45, 2.75) is 153 Å². The summed E-state index contributed by atoms with van der Waals surface area (Å²) in [5.74, 6) is -10.7. The Hall–Kier alpha value is -9.12. The third-order valence-electron chi connectivity index (χ3n) is 12.5. The third kappa shape index (κ3) is 23.4. The highest BCUT2D eigenvalue weighted by molar-refractivity contribution is 7.81. The molecule has 1 aromatic heterocycles. The van der Waals surface area contributed by atoms with Gasteiger partial charge in [0.1, 0.15) is 53.6 Å². The van der Waals surface area contributed by atoms with Gasteiger partial charge in [0.25, 0.3) is 5.91 Å². The summed E-state index contributed by atoms with van der Waals surface area (Å²) >= 11 is 0. The number of aliphatic carboxylic acids is 2. The number of fused-ring (bicyclic) bond motifs is 1. The molecule has 0 spiro atoms. The van der Waals surface area contributed by atoms with E-state index in [4.69, 9.17) is 15.0 Å². The zero-order chi connectivity index (χ0) is 62.3. The van der Waals surface area contributed by atoms with Gasteiger partial charge in [-0.2, -0.15) is 8.42 Å². The maximum absolute atomic E-state index is 14.5. The number of para-hydroxylation sites is 1. The second-order valence-corrected chi connectivity index (χ2v) is 21.5. The van der Waals surface area contributed by atoms with Crippen LogP contribution in [0.3, 0.4) is 0 Å². The molecular weight excluding hydrogens is 1120 g/mol. The van der Waals surface area contributed by atoms with Crippen LogP contribution in [0.15, 0.2) is 85.1 Å². The Morgan fingerprint density at radius 2 is 1.01 bits per heavy atom. The minimum Gasteiger partial charge on any atom is -0.481 e. The number of H-pyrrole nitrogens is 1. The summed E-state index contributed by atoms with van der Waals surface area (Å²) in [6.45, 7) is 8.10. The number of amides is 10. The highest BCUT2D eigenvalue weighted by Gasteiger charge is 2.35. The molecule has 4 aromatic rings. The van der Waals surface area contributed by atoms with Gasteiger partial charge in [0.05, 0.1) is 12.8 Å². The first-order chi connectivity index (χ1) is 39.5. The predicted octanol–water partition coefficient (Wildman–Crippen LogP) is 1.70. The fourth-order valence-corrected chi connectivity index (χ4v) is 8.73. The van der Waals surface area contributed by atoms with E-state index in [1.807, 2.05) is 0 Å². The Labute approximate surface area is 483 Å². The number of imide groups is 1. The summed E-state index contributed by atoms with van der Waals surface area (Å²) in [5.41, 5.74) is 6.50. The molecule has 3 aromatic carbocycles. The Kier molecular flexibility index (Phi) is 25.6. The number of carboxylic acids is 2. The minimum absolute atomic E-state index is 0.0492. The molecule has 0 bridgehead atoms. The Balaban J connectivity index is 1.62. The van der Waals surface area contributed by atoms with Gasteiger partial charge in [0.15, 0.2) is 0 Å². The number of hydrogen-bond acceptors (Lipinski definition) is 15. The number of carbonyl (C=O) groups is 11. The molecule has 0 saturated carbocycles. The molecule has 14 N–H and O–H groups in total. The topological polar surface area (TPSA) is 439 Å². The molecule has 29 heteroatoms. The molecule has 4 rings (SSSR count). The number of alkyl carbamates (subject to hydrolysis) is 1. The largest absolute Gasteiger partial charge is 0.481 e. The second-order valence-electron chi connectivity index (χ2n) is 20.5.